The monoisotopic (exact) mass is 259 g/mol. The zero-order valence-corrected chi connectivity index (χ0v) is 9.95. The number of rotatable bonds is 5. The van der Waals surface area contributed by atoms with Crippen molar-refractivity contribution in [2.24, 2.45) is 0 Å². The lowest BCUT2D eigenvalue weighted by atomic mass is 10.3. The smallest absolute Gasteiger partial charge is 0.328 e. The minimum Gasteiger partial charge on any atom is -0.480 e. The Morgan fingerprint density at radius 3 is 2.76 bits per heavy atom. The van der Waals surface area contributed by atoms with Crippen LogP contribution in [0.4, 0.5) is 4.79 Å². The second-order valence-corrected chi connectivity index (χ2v) is 4.32. The molecule has 1 aromatic heterocycles. The number of urea groups is 1. The van der Waals surface area contributed by atoms with Gasteiger partial charge in [0.2, 0.25) is 0 Å². The number of aliphatic carboxylic acids is 1. The highest BCUT2D eigenvalue weighted by Gasteiger charge is 2.18. The molecule has 1 atom stereocenters. The molecule has 1 heterocycles. The number of carbonyl (C=O) groups excluding carboxylic acids is 1. The van der Waals surface area contributed by atoms with E-state index in [2.05, 4.69) is 15.6 Å². The summed E-state index contributed by atoms with van der Waals surface area (Å²) in [7, 11) is 0. The first-order valence-corrected chi connectivity index (χ1v) is 5.70. The Labute approximate surface area is 101 Å². The van der Waals surface area contributed by atoms with E-state index in [4.69, 9.17) is 10.2 Å². The largest absolute Gasteiger partial charge is 0.480 e. The molecular formula is C9H13N3O4S. The summed E-state index contributed by atoms with van der Waals surface area (Å²) in [5, 5.41) is 24.6. The molecule has 0 saturated heterocycles. The summed E-state index contributed by atoms with van der Waals surface area (Å²) in [4.78, 5) is 25.9. The van der Waals surface area contributed by atoms with Gasteiger partial charge in [-0.15, -0.1) is 11.3 Å². The number of aliphatic hydroxyl groups is 1. The highest BCUT2D eigenvalue weighted by Crippen LogP contribution is 2.06. The van der Waals surface area contributed by atoms with Crippen LogP contribution in [0.15, 0.2) is 5.38 Å². The molecule has 17 heavy (non-hydrogen) atoms. The molecule has 0 aliphatic rings. The first kappa shape index (κ1) is 13.4. The molecule has 0 aliphatic carbocycles. The highest BCUT2D eigenvalue weighted by molar-refractivity contribution is 7.09. The van der Waals surface area contributed by atoms with Gasteiger partial charge in [0.05, 0.1) is 23.9 Å². The molecule has 0 bridgehead atoms. The number of nitrogens with zero attached hydrogens (tertiary/aromatic N) is 1. The third-order valence-corrected chi connectivity index (χ3v) is 2.70. The van der Waals surface area contributed by atoms with E-state index in [1.807, 2.05) is 6.92 Å². The predicted molar refractivity (Wildman–Crippen MR) is 60.7 cm³/mol. The van der Waals surface area contributed by atoms with E-state index in [0.29, 0.717) is 5.69 Å². The van der Waals surface area contributed by atoms with Crippen LogP contribution in [0, 0.1) is 6.92 Å². The molecule has 2 amide bonds. The second kappa shape index (κ2) is 6.16. The number of hydrogen-bond acceptors (Lipinski definition) is 5. The van der Waals surface area contributed by atoms with Gasteiger partial charge in [-0.1, -0.05) is 0 Å². The number of hydrogen-bond donors (Lipinski definition) is 4. The van der Waals surface area contributed by atoms with E-state index >= 15 is 0 Å². The normalized spacial score (nSPS) is 11.9. The summed E-state index contributed by atoms with van der Waals surface area (Å²) < 4.78 is 0. The van der Waals surface area contributed by atoms with Crippen LogP contribution in [0.1, 0.15) is 10.7 Å². The van der Waals surface area contributed by atoms with Gasteiger partial charge in [0, 0.05) is 5.38 Å². The number of nitrogens with one attached hydrogen (secondary N) is 2. The minimum atomic E-state index is -1.30. The van der Waals surface area contributed by atoms with Crippen molar-refractivity contribution in [3.63, 3.8) is 0 Å². The standard InChI is InChI=1S/C9H13N3O4S/c1-5-11-6(4-17-5)2-10-9(16)12-7(3-13)8(14)15/h4,7,13H,2-3H2,1H3,(H,14,15)(H2,10,12,16)/t7-/m0/s1. The number of aryl methyl sites for hydroxylation is 1. The molecular weight excluding hydrogens is 246 g/mol. The maximum atomic E-state index is 11.3. The van der Waals surface area contributed by atoms with Crippen molar-refractivity contribution < 1.29 is 19.8 Å². The summed E-state index contributed by atoms with van der Waals surface area (Å²) in [5.74, 6) is -1.29. The molecule has 7 nitrogen and oxygen atoms in total. The van der Waals surface area contributed by atoms with Gasteiger partial charge in [-0.3, -0.25) is 0 Å². The summed E-state index contributed by atoms with van der Waals surface area (Å²) in [5.41, 5.74) is 0.707. The molecule has 1 aromatic rings. The maximum absolute atomic E-state index is 11.3. The summed E-state index contributed by atoms with van der Waals surface area (Å²) in [6, 6.07) is -1.95. The van der Waals surface area contributed by atoms with Gasteiger partial charge in [-0.2, -0.15) is 0 Å². The number of aromatic nitrogens is 1. The van der Waals surface area contributed by atoms with Crippen LogP contribution in [0.5, 0.6) is 0 Å². The van der Waals surface area contributed by atoms with Crippen molar-refractivity contribution in [2.45, 2.75) is 19.5 Å². The van der Waals surface area contributed by atoms with E-state index in [1.54, 1.807) is 5.38 Å². The summed E-state index contributed by atoms with van der Waals surface area (Å²) in [6.45, 7) is 1.41. The summed E-state index contributed by atoms with van der Waals surface area (Å²) >= 11 is 1.46. The lowest BCUT2D eigenvalue weighted by molar-refractivity contribution is -0.140. The van der Waals surface area contributed by atoms with Crippen LogP contribution in [0.2, 0.25) is 0 Å². The lowest BCUT2D eigenvalue weighted by Gasteiger charge is -2.11. The van der Waals surface area contributed by atoms with E-state index in [-0.39, 0.29) is 6.54 Å². The zero-order valence-electron chi connectivity index (χ0n) is 9.14. The van der Waals surface area contributed by atoms with Crippen LogP contribution in [0.3, 0.4) is 0 Å². The van der Waals surface area contributed by atoms with Gasteiger partial charge in [0.1, 0.15) is 0 Å². The molecule has 0 unspecified atom stereocenters. The van der Waals surface area contributed by atoms with E-state index in [9.17, 15) is 9.59 Å². The molecule has 4 N–H and O–H groups in total. The second-order valence-electron chi connectivity index (χ2n) is 3.26. The van der Waals surface area contributed by atoms with Gasteiger partial charge in [0.15, 0.2) is 6.04 Å². The van der Waals surface area contributed by atoms with Crippen LogP contribution >= 0.6 is 11.3 Å². The van der Waals surface area contributed by atoms with Crippen molar-refractivity contribution in [1.29, 1.82) is 0 Å². The van der Waals surface area contributed by atoms with Gasteiger partial charge in [0.25, 0.3) is 0 Å². The van der Waals surface area contributed by atoms with Crippen molar-refractivity contribution in [1.82, 2.24) is 15.6 Å². The fourth-order valence-electron chi connectivity index (χ4n) is 1.06. The lowest BCUT2D eigenvalue weighted by Crippen LogP contribution is -2.47. The van der Waals surface area contributed by atoms with Crippen LogP contribution in [-0.2, 0) is 11.3 Å². The maximum Gasteiger partial charge on any atom is 0.328 e. The SMILES string of the molecule is Cc1nc(CNC(=O)N[C@@H](CO)C(=O)O)cs1. The first-order valence-electron chi connectivity index (χ1n) is 4.82. The average Bonchev–Trinajstić information content (AvgIpc) is 2.68. The van der Waals surface area contributed by atoms with E-state index in [1.165, 1.54) is 11.3 Å². The minimum absolute atomic E-state index is 0.216. The van der Waals surface area contributed by atoms with Crippen LogP contribution in [0.25, 0.3) is 0 Å². The summed E-state index contributed by atoms with van der Waals surface area (Å²) in [6.07, 6.45) is 0. The molecule has 0 aliphatic heterocycles. The third-order valence-electron chi connectivity index (χ3n) is 1.88. The number of aliphatic hydroxyl groups excluding tert-OH is 1. The van der Waals surface area contributed by atoms with Crippen molar-refractivity contribution in [3.8, 4) is 0 Å². The van der Waals surface area contributed by atoms with Gasteiger partial charge in [-0.05, 0) is 6.92 Å². The number of thiazole rings is 1. The van der Waals surface area contributed by atoms with Gasteiger partial charge >= 0.3 is 12.0 Å². The molecule has 0 fully saturated rings. The Balaban J connectivity index is 2.37. The van der Waals surface area contributed by atoms with E-state index < -0.39 is 24.6 Å². The molecule has 0 radical (unpaired) electrons. The fourth-order valence-corrected chi connectivity index (χ4v) is 1.67. The average molecular weight is 259 g/mol. The topological polar surface area (TPSA) is 112 Å². The molecule has 0 spiro atoms. The van der Waals surface area contributed by atoms with Crippen molar-refractivity contribution in [3.05, 3.63) is 16.1 Å². The Bertz CT molecular complexity index is 407. The van der Waals surface area contributed by atoms with E-state index in [0.717, 1.165) is 5.01 Å². The third kappa shape index (κ3) is 4.37. The Morgan fingerprint density at radius 2 is 2.29 bits per heavy atom. The predicted octanol–water partition coefficient (Wildman–Crippen LogP) is -0.304. The quantitative estimate of drug-likeness (QED) is 0.580. The van der Waals surface area contributed by atoms with Crippen LogP contribution < -0.4 is 10.6 Å². The molecule has 0 saturated carbocycles. The zero-order chi connectivity index (χ0) is 12.8. The van der Waals surface area contributed by atoms with Crippen LogP contribution in [-0.4, -0.2) is 39.8 Å². The van der Waals surface area contributed by atoms with Crippen molar-refractivity contribution in [2.75, 3.05) is 6.61 Å². The number of carbonyl (C=O) groups is 2. The number of amides is 2. The first-order chi connectivity index (χ1) is 8.02. The number of carboxylic acids is 1. The highest BCUT2D eigenvalue weighted by atomic mass is 32.1. The Morgan fingerprint density at radius 1 is 1.59 bits per heavy atom. The number of carboxylic acid groups (broad SMARTS) is 1. The molecule has 0 aromatic carbocycles. The van der Waals surface area contributed by atoms with Crippen molar-refractivity contribution >= 4 is 23.3 Å². The Kier molecular flexibility index (Phi) is 4.85. The fraction of sp³-hybridized carbons (Fsp3) is 0.444. The Hall–Kier alpha value is -1.67. The molecule has 94 valence electrons. The van der Waals surface area contributed by atoms with Gasteiger partial charge < -0.3 is 20.8 Å². The molecule has 8 heteroatoms. The van der Waals surface area contributed by atoms with Gasteiger partial charge in [-0.25, -0.2) is 14.6 Å². The molecule has 1 rings (SSSR count).